The van der Waals surface area contributed by atoms with Crippen molar-refractivity contribution in [3.63, 3.8) is 0 Å². The number of likely N-dealkylation sites (tertiary alicyclic amines) is 1. The van der Waals surface area contributed by atoms with Crippen LogP contribution < -0.4 is 0 Å². The molecule has 6 heteroatoms. The molecule has 5 aromatic rings. The summed E-state index contributed by atoms with van der Waals surface area (Å²) in [5.74, 6) is 0.503. The Bertz CT molecular complexity index is 1630. The van der Waals surface area contributed by atoms with Crippen LogP contribution in [-0.4, -0.2) is 38.7 Å². The molecule has 1 saturated carbocycles. The van der Waals surface area contributed by atoms with Crippen LogP contribution in [0.5, 0.6) is 0 Å². The molecule has 2 fully saturated rings. The molecule has 2 aliphatic rings. The van der Waals surface area contributed by atoms with Crippen molar-refractivity contribution in [1.82, 2.24) is 19.7 Å². The summed E-state index contributed by atoms with van der Waals surface area (Å²) >= 11 is 0. The number of nitrogens with zero attached hydrogens (tertiary/aromatic N) is 4. The van der Waals surface area contributed by atoms with Gasteiger partial charge in [0.05, 0.1) is 17.4 Å². The summed E-state index contributed by atoms with van der Waals surface area (Å²) in [6.07, 6.45) is 5.22. The molecule has 0 bridgehead atoms. The van der Waals surface area contributed by atoms with Crippen molar-refractivity contribution in [2.45, 2.75) is 18.3 Å². The Morgan fingerprint density at radius 1 is 1.00 bits per heavy atom. The zero-order chi connectivity index (χ0) is 25.1. The first-order valence-corrected chi connectivity index (χ1v) is 12.6. The summed E-state index contributed by atoms with van der Waals surface area (Å²) in [7, 11) is 0. The Labute approximate surface area is 214 Å². The number of hydrogen-bond donors (Lipinski definition) is 0. The van der Waals surface area contributed by atoms with Crippen molar-refractivity contribution < 1.29 is 9.18 Å². The predicted molar refractivity (Wildman–Crippen MR) is 140 cm³/mol. The van der Waals surface area contributed by atoms with Crippen LogP contribution in [0.4, 0.5) is 4.39 Å². The van der Waals surface area contributed by atoms with E-state index >= 15 is 0 Å². The third-order valence-corrected chi connectivity index (χ3v) is 8.24. The molecule has 0 N–H and O–H groups in total. The third kappa shape index (κ3) is 3.32. The van der Waals surface area contributed by atoms with Crippen LogP contribution in [0, 0.1) is 18.7 Å². The van der Waals surface area contributed by atoms with E-state index in [2.05, 4.69) is 59.5 Å². The Hall–Kier alpha value is -4.32. The number of aryl methyl sites for hydroxylation is 1. The van der Waals surface area contributed by atoms with Gasteiger partial charge in [0.2, 0.25) is 0 Å². The van der Waals surface area contributed by atoms with E-state index in [4.69, 9.17) is 0 Å². The normalized spacial score (nSPS) is 22.3. The Balaban J connectivity index is 1.31. The lowest BCUT2D eigenvalue weighted by atomic mass is 9.86. The second-order valence-corrected chi connectivity index (χ2v) is 10.2. The van der Waals surface area contributed by atoms with Gasteiger partial charge in [-0.25, -0.2) is 9.07 Å². The molecule has 1 amide bonds. The van der Waals surface area contributed by atoms with E-state index < -0.39 is 0 Å². The summed E-state index contributed by atoms with van der Waals surface area (Å²) in [5.41, 5.74) is 6.13. The number of benzene rings is 3. The number of halogens is 1. The Morgan fingerprint density at radius 3 is 2.51 bits per heavy atom. The third-order valence-electron chi connectivity index (χ3n) is 8.24. The largest absolute Gasteiger partial charge is 0.337 e. The van der Waals surface area contributed by atoms with Crippen molar-refractivity contribution in [3.05, 3.63) is 126 Å². The van der Waals surface area contributed by atoms with Crippen LogP contribution in [-0.2, 0) is 5.41 Å². The van der Waals surface area contributed by atoms with Crippen LogP contribution in [0.3, 0.4) is 0 Å². The molecule has 0 spiro atoms. The van der Waals surface area contributed by atoms with Crippen LogP contribution in [0.25, 0.3) is 16.6 Å². The molecule has 1 saturated heterocycles. The molecule has 5 nitrogen and oxygen atoms in total. The minimum atomic E-state index is -0.267. The van der Waals surface area contributed by atoms with Crippen LogP contribution in [0.1, 0.15) is 33.0 Å². The highest BCUT2D eigenvalue weighted by atomic mass is 19.1. The molecule has 3 heterocycles. The molecular weight excluding hydrogens is 463 g/mol. The number of hydrogen-bond acceptors (Lipinski definition) is 3. The summed E-state index contributed by atoms with van der Waals surface area (Å²) in [6.45, 7) is 3.56. The van der Waals surface area contributed by atoms with Crippen molar-refractivity contribution in [3.8, 4) is 5.69 Å². The second-order valence-electron chi connectivity index (χ2n) is 10.2. The Kier molecular flexibility index (Phi) is 4.80. The van der Waals surface area contributed by atoms with E-state index in [1.807, 2.05) is 15.8 Å². The van der Waals surface area contributed by atoms with Gasteiger partial charge in [0, 0.05) is 47.8 Å². The lowest BCUT2D eigenvalue weighted by Crippen LogP contribution is -2.34. The van der Waals surface area contributed by atoms with E-state index in [-0.39, 0.29) is 17.1 Å². The highest BCUT2D eigenvalue weighted by Crippen LogP contribution is 2.69. The molecule has 1 aliphatic carbocycles. The maximum atomic E-state index is 13.5. The zero-order valence-electron chi connectivity index (χ0n) is 20.4. The number of fused-ring (bicyclic) bond motifs is 2. The summed E-state index contributed by atoms with van der Waals surface area (Å²) in [5, 5.41) is 5.66. The standard InChI is InChI=1S/C31H25FN4O/c1-20-15-28-23(17-34-36(28)25-9-7-24(32)8-10-25)16-26(20)31-19-35(30(37)22-11-13-33-14-12-22)18-27(31)29(31)21-5-3-2-4-6-21/h2-17,27,29H,18-19H2,1H3. The molecular formula is C31H25FN4O. The maximum Gasteiger partial charge on any atom is 0.254 e. The fourth-order valence-electron chi connectivity index (χ4n) is 6.56. The van der Waals surface area contributed by atoms with E-state index in [9.17, 15) is 9.18 Å². The number of amides is 1. The molecule has 2 aromatic heterocycles. The number of carbonyl (C=O) groups is 1. The topological polar surface area (TPSA) is 51.0 Å². The highest BCUT2D eigenvalue weighted by Gasteiger charge is 2.70. The van der Waals surface area contributed by atoms with Crippen LogP contribution >= 0.6 is 0 Å². The van der Waals surface area contributed by atoms with E-state index in [0.29, 0.717) is 23.9 Å². The smallest absolute Gasteiger partial charge is 0.254 e. The second kappa shape index (κ2) is 8.10. The number of carbonyl (C=O) groups excluding carboxylic acids is 1. The average Bonchev–Trinajstić information content (AvgIpc) is 3.19. The van der Waals surface area contributed by atoms with Gasteiger partial charge in [-0.3, -0.25) is 9.78 Å². The van der Waals surface area contributed by atoms with Crippen LogP contribution in [0.2, 0.25) is 0 Å². The molecule has 37 heavy (non-hydrogen) atoms. The lowest BCUT2D eigenvalue weighted by Gasteiger charge is -2.26. The zero-order valence-corrected chi connectivity index (χ0v) is 20.4. The average molecular weight is 489 g/mol. The number of pyridine rings is 1. The molecule has 3 aromatic carbocycles. The van der Waals surface area contributed by atoms with Gasteiger partial charge in [-0.1, -0.05) is 30.3 Å². The minimum Gasteiger partial charge on any atom is -0.337 e. The molecule has 0 radical (unpaired) electrons. The Morgan fingerprint density at radius 2 is 1.76 bits per heavy atom. The van der Waals surface area contributed by atoms with Gasteiger partial charge >= 0.3 is 0 Å². The number of rotatable bonds is 4. The predicted octanol–water partition coefficient (Wildman–Crippen LogP) is 5.68. The van der Waals surface area contributed by atoms with E-state index in [1.165, 1.54) is 28.8 Å². The number of piperidine rings is 1. The van der Waals surface area contributed by atoms with Crippen molar-refractivity contribution in [2.75, 3.05) is 13.1 Å². The van der Waals surface area contributed by atoms with E-state index in [1.54, 1.807) is 36.7 Å². The summed E-state index contributed by atoms with van der Waals surface area (Å²) < 4.78 is 15.3. The van der Waals surface area contributed by atoms with Crippen molar-refractivity contribution in [2.24, 2.45) is 5.92 Å². The van der Waals surface area contributed by atoms with Gasteiger partial charge in [-0.05, 0) is 78.1 Å². The molecule has 7 rings (SSSR count). The quantitative estimate of drug-likeness (QED) is 0.327. The fourth-order valence-corrected chi connectivity index (χ4v) is 6.56. The minimum absolute atomic E-state index is 0.0589. The summed E-state index contributed by atoms with van der Waals surface area (Å²) in [6, 6.07) is 25.1. The van der Waals surface area contributed by atoms with Crippen molar-refractivity contribution in [1.29, 1.82) is 0 Å². The highest BCUT2D eigenvalue weighted by molar-refractivity contribution is 5.95. The molecule has 1 aliphatic heterocycles. The lowest BCUT2D eigenvalue weighted by molar-refractivity contribution is 0.0769. The first-order valence-electron chi connectivity index (χ1n) is 12.6. The fraction of sp³-hybridized carbons (Fsp3) is 0.194. The SMILES string of the molecule is Cc1cc2c(cnn2-c2ccc(F)cc2)cc1C12CN(C(=O)c3ccncc3)CC1C2c1ccccc1. The monoisotopic (exact) mass is 488 g/mol. The van der Waals surface area contributed by atoms with Gasteiger partial charge in [0.1, 0.15) is 5.82 Å². The molecule has 3 atom stereocenters. The van der Waals surface area contributed by atoms with Crippen LogP contribution in [0.15, 0.2) is 97.5 Å². The van der Waals surface area contributed by atoms with Gasteiger partial charge in [-0.2, -0.15) is 5.10 Å². The van der Waals surface area contributed by atoms with Crippen molar-refractivity contribution >= 4 is 16.8 Å². The van der Waals surface area contributed by atoms with Gasteiger partial charge in [0.15, 0.2) is 0 Å². The first kappa shape index (κ1) is 21.9. The molecule has 182 valence electrons. The maximum absolute atomic E-state index is 13.5. The van der Waals surface area contributed by atoms with Gasteiger partial charge in [-0.15, -0.1) is 0 Å². The van der Waals surface area contributed by atoms with Gasteiger partial charge in [0.25, 0.3) is 5.91 Å². The van der Waals surface area contributed by atoms with Gasteiger partial charge < -0.3 is 4.90 Å². The number of aromatic nitrogens is 3. The van der Waals surface area contributed by atoms with E-state index in [0.717, 1.165) is 23.1 Å². The summed E-state index contributed by atoms with van der Waals surface area (Å²) in [4.78, 5) is 19.4. The molecule has 3 unspecified atom stereocenters. The first-order chi connectivity index (χ1) is 18.1.